The van der Waals surface area contributed by atoms with Gasteiger partial charge in [-0.1, -0.05) is 12.1 Å². The van der Waals surface area contributed by atoms with Crippen molar-refractivity contribution < 1.29 is 14.8 Å². The molecule has 136 valence electrons. The van der Waals surface area contributed by atoms with E-state index < -0.39 is 0 Å². The first kappa shape index (κ1) is 16.0. The lowest BCUT2D eigenvalue weighted by Crippen LogP contribution is -2.84. The molecule has 1 saturated carbocycles. The lowest BCUT2D eigenvalue weighted by atomic mass is 10.2. The van der Waals surface area contributed by atoms with E-state index in [2.05, 4.69) is 26.6 Å². The number of ether oxygens (including phenoxy) is 2. The lowest BCUT2D eigenvalue weighted by molar-refractivity contribution is -0.683. The van der Waals surface area contributed by atoms with Crippen LogP contribution in [0, 0.1) is 0 Å². The summed E-state index contributed by atoms with van der Waals surface area (Å²) in [5, 5.41) is 10.6. The quantitative estimate of drug-likeness (QED) is 0.569. The van der Waals surface area contributed by atoms with E-state index in [9.17, 15) is 0 Å². The molecule has 7 heteroatoms. The van der Waals surface area contributed by atoms with Crippen molar-refractivity contribution in [2.45, 2.75) is 25.4 Å². The Morgan fingerprint density at radius 2 is 2.04 bits per heavy atom. The summed E-state index contributed by atoms with van der Waals surface area (Å²) in [6, 6.07) is 14.6. The molecule has 5 rings (SSSR count). The van der Waals surface area contributed by atoms with Gasteiger partial charge in [0.05, 0.1) is 24.2 Å². The number of rotatable bonds is 6. The molecular weight excluding hydrogens is 342 g/mol. The number of fused-ring (bicyclic) bond motifs is 3. The van der Waals surface area contributed by atoms with Gasteiger partial charge in [0.15, 0.2) is 11.5 Å². The second-order valence-corrected chi connectivity index (χ2v) is 6.79. The molecule has 27 heavy (non-hydrogen) atoms. The standard InChI is InChI=1S/C20H19N5O2/c1-26-18-10-13(11-21-14-7-8-14)6-9-17(18)27-20-19-24-22-12-25(19)16-5-3-2-4-15(16)23-20/h2-6,9-10,12,14,21H,7-8,11H2,1H3/p+1. The minimum atomic E-state index is 0.404. The smallest absolute Gasteiger partial charge is 0.266 e. The molecular formula is C20H20N5O2+. The number of para-hydroxylation sites is 2. The molecule has 0 saturated heterocycles. The first-order valence-corrected chi connectivity index (χ1v) is 9.08. The van der Waals surface area contributed by atoms with E-state index in [1.165, 1.54) is 18.4 Å². The van der Waals surface area contributed by atoms with Crippen molar-refractivity contribution in [3.8, 4) is 17.4 Å². The van der Waals surface area contributed by atoms with E-state index in [1.807, 2.05) is 40.8 Å². The maximum absolute atomic E-state index is 6.10. The van der Waals surface area contributed by atoms with Gasteiger partial charge < -0.3 is 14.8 Å². The van der Waals surface area contributed by atoms with Gasteiger partial charge in [0.25, 0.3) is 5.88 Å². The van der Waals surface area contributed by atoms with Crippen LogP contribution in [-0.4, -0.2) is 32.7 Å². The summed E-state index contributed by atoms with van der Waals surface area (Å²) in [6.07, 6.45) is 4.31. The second-order valence-electron chi connectivity index (χ2n) is 6.79. The highest BCUT2D eigenvalue weighted by Gasteiger charge is 2.25. The summed E-state index contributed by atoms with van der Waals surface area (Å²) in [5.41, 5.74) is 3.53. The van der Waals surface area contributed by atoms with Crippen molar-refractivity contribution in [3.05, 3.63) is 54.4 Å². The van der Waals surface area contributed by atoms with Crippen LogP contribution >= 0.6 is 0 Å². The van der Waals surface area contributed by atoms with E-state index in [-0.39, 0.29) is 0 Å². The predicted octanol–water partition coefficient (Wildman–Crippen LogP) is 2.30. The van der Waals surface area contributed by atoms with E-state index in [1.54, 1.807) is 13.4 Å². The number of hydrogen-bond donors (Lipinski definition) is 1. The van der Waals surface area contributed by atoms with E-state index in [4.69, 9.17) is 9.47 Å². The van der Waals surface area contributed by atoms with Crippen LogP contribution in [0.4, 0.5) is 0 Å². The van der Waals surface area contributed by atoms with E-state index in [0.717, 1.165) is 23.6 Å². The molecule has 0 radical (unpaired) electrons. The first-order valence-electron chi connectivity index (χ1n) is 9.08. The highest BCUT2D eigenvalue weighted by molar-refractivity contribution is 5.79. The minimum absolute atomic E-state index is 0.404. The van der Waals surface area contributed by atoms with Crippen LogP contribution in [0.2, 0.25) is 0 Å². The van der Waals surface area contributed by atoms with Gasteiger partial charge in [0, 0.05) is 18.4 Å². The van der Waals surface area contributed by atoms with Crippen LogP contribution in [0.3, 0.4) is 0 Å². The first-order chi connectivity index (χ1) is 13.3. The molecule has 1 aliphatic carbocycles. The average molecular weight is 362 g/mol. The van der Waals surface area contributed by atoms with Crippen LogP contribution in [0.5, 0.6) is 17.4 Å². The van der Waals surface area contributed by atoms with Crippen molar-refractivity contribution in [2.75, 3.05) is 7.11 Å². The Kier molecular flexibility index (Phi) is 3.86. The summed E-state index contributed by atoms with van der Waals surface area (Å²) in [5.74, 6) is 1.70. The second kappa shape index (κ2) is 6.51. The lowest BCUT2D eigenvalue weighted by Gasteiger charge is -2.12. The van der Waals surface area contributed by atoms with Gasteiger partial charge in [-0.15, -0.1) is 10.2 Å². The van der Waals surface area contributed by atoms with Crippen molar-refractivity contribution in [3.63, 3.8) is 0 Å². The molecule has 1 fully saturated rings. The Morgan fingerprint density at radius 1 is 1.15 bits per heavy atom. The SMILES string of the molecule is COc1cc(C[NH2+]C2CC2)ccc1Oc1nc2ccccc2n2cnnc12. The van der Waals surface area contributed by atoms with Gasteiger partial charge in [-0.25, -0.2) is 4.98 Å². The molecule has 0 amide bonds. The third kappa shape index (κ3) is 3.06. The molecule has 2 aromatic carbocycles. The number of nitrogens with two attached hydrogens (primary N) is 1. The molecule has 0 spiro atoms. The highest BCUT2D eigenvalue weighted by atomic mass is 16.5. The summed E-state index contributed by atoms with van der Waals surface area (Å²) in [7, 11) is 1.65. The number of quaternary nitrogens is 1. The van der Waals surface area contributed by atoms with Gasteiger partial charge in [0.2, 0.25) is 5.65 Å². The van der Waals surface area contributed by atoms with Crippen LogP contribution in [0.1, 0.15) is 18.4 Å². The molecule has 0 unspecified atom stereocenters. The molecule has 2 heterocycles. The van der Waals surface area contributed by atoms with Gasteiger partial charge >= 0.3 is 0 Å². The van der Waals surface area contributed by atoms with Crippen molar-refractivity contribution in [1.82, 2.24) is 19.6 Å². The summed E-state index contributed by atoms with van der Waals surface area (Å²) < 4.78 is 13.5. The number of nitrogens with zero attached hydrogens (tertiary/aromatic N) is 4. The fraction of sp³-hybridized carbons (Fsp3) is 0.250. The van der Waals surface area contributed by atoms with Crippen LogP contribution in [-0.2, 0) is 6.54 Å². The minimum Gasteiger partial charge on any atom is -0.493 e. The fourth-order valence-corrected chi connectivity index (χ4v) is 3.21. The molecule has 4 aromatic rings. The van der Waals surface area contributed by atoms with Gasteiger partial charge in [0.1, 0.15) is 12.9 Å². The van der Waals surface area contributed by atoms with Crippen LogP contribution < -0.4 is 14.8 Å². The number of hydrogen-bond acceptors (Lipinski definition) is 5. The summed E-state index contributed by atoms with van der Waals surface area (Å²) in [6.45, 7) is 0.948. The summed E-state index contributed by atoms with van der Waals surface area (Å²) >= 11 is 0. The van der Waals surface area contributed by atoms with Crippen molar-refractivity contribution >= 4 is 16.7 Å². The average Bonchev–Trinajstić information content (AvgIpc) is 3.40. The van der Waals surface area contributed by atoms with Gasteiger partial charge in [-0.2, -0.15) is 0 Å². The number of methoxy groups -OCH3 is 1. The Labute approximate surface area is 156 Å². The van der Waals surface area contributed by atoms with E-state index in [0.29, 0.717) is 23.0 Å². The zero-order valence-electron chi connectivity index (χ0n) is 15.0. The maximum atomic E-state index is 6.10. The van der Waals surface area contributed by atoms with Gasteiger partial charge in [-0.05, 0) is 30.3 Å². The monoisotopic (exact) mass is 362 g/mol. The molecule has 1 aliphatic rings. The fourth-order valence-electron chi connectivity index (χ4n) is 3.21. The van der Waals surface area contributed by atoms with Crippen LogP contribution in [0.25, 0.3) is 16.7 Å². The molecule has 2 aromatic heterocycles. The zero-order valence-corrected chi connectivity index (χ0v) is 15.0. The molecule has 7 nitrogen and oxygen atoms in total. The van der Waals surface area contributed by atoms with E-state index >= 15 is 0 Å². The van der Waals surface area contributed by atoms with Crippen molar-refractivity contribution in [2.24, 2.45) is 0 Å². The van der Waals surface area contributed by atoms with Crippen molar-refractivity contribution in [1.29, 1.82) is 0 Å². The topological polar surface area (TPSA) is 78.2 Å². The normalized spacial score (nSPS) is 14.0. The third-order valence-electron chi connectivity index (χ3n) is 4.85. The summed E-state index contributed by atoms with van der Waals surface area (Å²) in [4.78, 5) is 4.63. The number of aromatic nitrogens is 4. The third-order valence-corrected chi connectivity index (χ3v) is 4.85. The maximum Gasteiger partial charge on any atom is 0.266 e. The Morgan fingerprint density at radius 3 is 2.89 bits per heavy atom. The van der Waals surface area contributed by atoms with Gasteiger partial charge in [-0.3, -0.25) is 4.40 Å². The number of benzene rings is 2. The zero-order chi connectivity index (χ0) is 18.2. The molecule has 0 aliphatic heterocycles. The predicted molar refractivity (Wildman–Crippen MR) is 100 cm³/mol. The largest absolute Gasteiger partial charge is 0.493 e. The molecule has 2 N–H and O–H groups in total. The Balaban J connectivity index is 1.51. The Bertz CT molecular complexity index is 1120. The highest BCUT2D eigenvalue weighted by Crippen LogP contribution is 2.33. The molecule has 0 bridgehead atoms. The van der Waals surface area contributed by atoms with Crippen LogP contribution in [0.15, 0.2) is 48.8 Å². The Hall–Kier alpha value is -3.19. The molecule has 0 atom stereocenters.